The molecule has 0 radical (unpaired) electrons. The molecule has 6 heteroatoms. The van der Waals surface area contributed by atoms with Gasteiger partial charge in [0.15, 0.2) is 0 Å². The van der Waals surface area contributed by atoms with Gasteiger partial charge in [-0.3, -0.25) is 0 Å². The van der Waals surface area contributed by atoms with Gasteiger partial charge >= 0.3 is 0 Å². The molecule has 1 aromatic heterocycles. The molecule has 0 bridgehead atoms. The fraction of sp³-hybridized carbons (Fsp3) is 0.294. The normalized spacial score (nSPS) is 19.3. The summed E-state index contributed by atoms with van der Waals surface area (Å²) in [5.74, 6) is 7.37. The maximum atomic E-state index is 13.2. The fourth-order valence-electron chi connectivity index (χ4n) is 2.38. The first-order valence-corrected chi connectivity index (χ1v) is 7.48. The highest BCUT2D eigenvalue weighted by Gasteiger charge is 2.23. The summed E-state index contributed by atoms with van der Waals surface area (Å²) in [6.07, 6.45) is 3.55. The Bertz CT molecular complexity index is 759. The Morgan fingerprint density at radius 2 is 2.17 bits per heavy atom. The smallest absolute Gasteiger partial charge is 0.229 e. The van der Waals surface area contributed by atoms with Crippen LogP contribution < -0.4 is 16.4 Å². The SMILES string of the molecule is CNc1nc(Nc2cccc(F)c2)ncc1C#C[C@H]1C[C@@H](N)C1. The molecule has 0 aliphatic heterocycles. The second-order valence-corrected chi connectivity index (χ2v) is 5.54. The largest absolute Gasteiger partial charge is 0.372 e. The highest BCUT2D eigenvalue weighted by molar-refractivity contribution is 5.59. The van der Waals surface area contributed by atoms with Gasteiger partial charge in [0.25, 0.3) is 0 Å². The lowest BCUT2D eigenvalue weighted by Gasteiger charge is -2.27. The van der Waals surface area contributed by atoms with Gasteiger partial charge in [0, 0.05) is 24.7 Å². The maximum absolute atomic E-state index is 13.2. The number of halogens is 1. The topological polar surface area (TPSA) is 75.9 Å². The van der Waals surface area contributed by atoms with Crippen molar-refractivity contribution in [2.75, 3.05) is 17.7 Å². The Labute approximate surface area is 134 Å². The van der Waals surface area contributed by atoms with Crippen molar-refractivity contribution >= 4 is 17.5 Å². The van der Waals surface area contributed by atoms with Gasteiger partial charge in [-0.15, -0.1) is 0 Å². The van der Waals surface area contributed by atoms with Crippen LogP contribution in [0.4, 0.5) is 21.8 Å². The predicted molar refractivity (Wildman–Crippen MR) is 88.8 cm³/mol. The van der Waals surface area contributed by atoms with Gasteiger partial charge in [0.05, 0.1) is 11.8 Å². The predicted octanol–water partition coefficient (Wildman–Crippen LogP) is 2.49. The molecule has 1 aromatic carbocycles. The van der Waals surface area contributed by atoms with Crippen LogP contribution in [0.5, 0.6) is 0 Å². The summed E-state index contributed by atoms with van der Waals surface area (Å²) in [6.45, 7) is 0. The second kappa shape index (κ2) is 6.63. The minimum Gasteiger partial charge on any atom is -0.372 e. The summed E-state index contributed by atoms with van der Waals surface area (Å²) in [6, 6.07) is 6.43. The van der Waals surface area contributed by atoms with Crippen LogP contribution >= 0.6 is 0 Å². The standard InChI is InChI=1S/C17H18FN5/c1-20-16-12(6-5-11-7-14(19)8-11)10-21-17(23-16)22-15-4-2-3-13(18)9-15/h2-4,9-11,14H,7-8,19H2,1H3,(H2,20,21,22,23)/t11-,14+. The first-order valence-electron chi connectivity index (χ1n) is 7.48. The third kappa shape index (κ3) is 3.76. The summed E-state index contributed by atoms with van der Waals surface area (Å²) >= 11 is 0. The quantitative estimate of drug-likeness (QED) is 0.759. The third-order valence-electron chi connectivity index (χ3n) is 3.69. The monoisotopic (exact) mass is 311 g/mol. The van der Waals surface area contributed by atoms with Crippen LogP contribution in [0.1, 0.15) is 18.4 Å². The number of nitrogens with zero attached hydrogens (tertiary/aromatic N) is 2. The fourth-order valence-corrected chi connectivity index (χ4v) is 2.38. The van der Waals surface area contributed by atoms with Crippen LogP contribution in [0.2, 0.25) is 0 Å². The van der Waals surface area contributed by atoms with Crippen LogP contribution in [0.25, 0.3) is 0 Å². The van der Waals surface area contributed by atoms with E-state index in [-0.39, 0.29) is 11.9 Å². The van der Waals surface area contributed by atoms with Gasteiger partial charge in [-0.1, -0.05) is 17.9 Å². The molecule has 1 saturated carbocycles. The van der Waals surface area contributed by atoms with E-state index < -0.39 is 0 Å². The zero-order valence-electron chi connectivity index (χ0n) is 12.8. The summed E-state index contributed by atoms with van der Waals surface area (Å²) < 4.78 is 13.2. The van der Waals surface area contributed by atoms with Gasteiger partial charge in [-0.05, 0) is 31.0 Å². The first-order chi connectivity index (χ1) is 11.1. The van der Waals surface area contributed by atoms with E-state index in [1.807, 2.05) is 0 Å². The van der Waals surface area contributed by atoms with Crippen LogP contribution in [0.3, 0.4) is 0 Å². The summed E-state index contributed by atoms with van der Waals surface area (Å²) in [4.78, 5) is 8.61. The van der Waals surface area contributed by atoms with Crippen molar-refractivity contribution in [2.45, 2.75) is 18.9 Å². The second-order valence-electron chi connectivity index (χ2n) is 5.54. The number of rotatable bonds is 3. The van der Waals surface area contributed by atoms with Gasteiger partial charge < -0.3 is 16.4 Å². The average Bonchev–Trinajstić information content (AvgIpc) is 2.51. The van der Waals surface area contributed by atoms with Gasteiger partial charge in [0.1, 0.15) is 11.6 Å². The first kappa shape index (κ1) is 15.3. The Kier molecular flexibility index (Phi) is 4.40. The molecule has 3 rings (SSSR count). The van der Waals surface area contributed by atoms with Crippen molar-refractivity contribution in [1.29, 1.82) is 0 Å². The molecule has 1 heterocycles. The molecule has 1 aliphatic carbocycles. The van der Waals surface area contributed by atoms with Gasteiger partial charge in [0.2, 0.25) is 5.95 Å². The number of hydrogen-bond acceptors (Lipinski definition) is 5. The number of anilines is 3. The van der Waals surface area contributed by atoms with Crippen LogP contribution in [-0.4, -0.2) is 23.1 Å². The molecule has 4 N–H and O–H groups in total. The molecule has 0 amide bonds. The zero-order chi connectivity index (χ0) is 16.2. The number of aromatic nitrogens is 2. The van der Waals surface area contributed by atoms with Crippen molar-refractivity contribution in [3.8, 4) is 11.8 Å². The molecule has 23 heavy (non-hydrogen) atoms. The molecular formula is C17H18FN5. The minimum absolute atomic E-state index is 0.284. The Hall–Kier alpha value is -2.65. The number of nitrogens with two attached hydrogens (primary N) is 1. The molecule has 5 nitrogen and oxygen atoms in total. The van der Waals surface area contributed by atoms with Crippen LogP contribution in [0, 0.1) is 23.6 Å². The summed E-state index contributed by atoms with van der Waals surface area (Å²) in [7, 11) is 1.78. The van der Waals surface area contributed by atoms with Crippen LogP contribution in [-0.2, 0) is 0 Å². The lowest BCUT2D eigenvalue weighted by molar-refractivity contribution is 0.335. The van der Waals surface area contributed by atoms with Crippen molar-refractivity contribution in [3.05, 3.63) is 41.8 Å². The number of nitrogens with one attached hydrogen (secondary N) is 2. The minimum atomic E-state index is -0.315. The van der Waals surface area contributed by atoms with Crippen LogP contribution in [0.15, 0.2) is 30.5 Å². The molecule has 1 aliphatic rings. The van der Waals surface area contributed by atoms with E-state index in [4.69, 9.17) is 5.73 Å². The molecule has 0 spiro atoms. The highest BCUT2D eigenvalue weighted by atomic mass is 19.1. The van der Waals surface area contributed by atoms with Gasteiger partial charge in [-0.25, -0.2) is 9.37 Å². The van der Waals surface area contributed by atoms with Crippen molar-refractivity contribution in [3.63, 3.8) is 0 Å². The lowest BCUT2D eigenvalue weighted by Crippen LogP contribution is -2.35. The average molecular weight is 311 g/mol. The van der Waals surface area contributed by atoms with E-state index in [1.165, 1.54) is 12.1 Å². The molecule has 1 fully saturated rings. The van der Waals surface area contributed by atoms with Gasteiger partial charge in [-0.2, -0.15) is 4.98 Å². The number of hydrogen-bond donors (Lipinski definition) is 3. The Morgan fingerprint density at radius 3 is 2.87 bits per heavy atom. The van der Waals surface area contributed by atoms with Crippen molar-refractivity contribution in [1.82, 2.24) is 9.97 Å². The van der Waals surface area contributed by atoms with E-state index in [0.717, 1.165) is 18.4 Å². The summed E-state index contributed by atoms with van der Waals surface area (Å²) in [5.41, 5.74) is 7.08. The van der Waals surface area contributed by atoms with E-state index >= 15 is 0 Å². The van der Waals surface area contributed by atoms with Crippen molar-refractivity contribution in [2.24, 2.45) is 11.7 Å². The van der Waals surface area contributed by atoms with E-state index in [1.54, 1.807) is 25.4 Å². The zero-order valence-corrected chi connectivity index (χ0v) is 12.8. The lowest BCUT2D eigenvalue weighted by atomic mass is 9.81. The Balaban J connectivity index is 1.76. The molecular weight excluding hydrogens is 293 g/mol. The van der Waals surface area contributed by atoms with E-state index in [9.17, 15) is 4.39 Å². The molecule has 0 saturated heterocycles. The molecule has 2 aromatic rings. The summed E-state index contributed by atoms with van der Waals surface area (Å²) in [5, 5.41) is 5.98. The number of benzene rings is 1. The Morgan fingerprint density at radius 1 is 1.35 bits per heavy atom. The molecule has 0 unspecified atom stereocenters. The van der Waals surface area contributed by atoms with Crippen molar-refractivity contribution < 1.29 is 4.39 Å². The molecule has 0 atom stereocenters. The van der Waals surface area contributed by atoms with E-state index in [0.29, 0.717) is 23.4 Å². The highest BCUT2D eigenvalue weighted by Crippen LogP contribution is 2.25. The van der Waals surface area contributed by atoms with E-state index in [2.05, 4.69) is 32.4 Å². The molecule has 118 valence electrons. The third-order valence-corrected chi connectivity index (χ3v) is 3.69. The maximum Gasteiger partial charge on any atom is 0.229 e.